The first-order valence-corrected chi connectivity index (χ1v) is 7.08. The minimum atomic E-state index is 0.675. The number of ether oxygens (including phenoxy) is 2. The molecule has 1 aliphatic rings. The number of benzene rings is 1. The van der Waals surface area contributed by atoms with E-state index >= 15 is 0 Å². The average Bonchev–Trinajstić information content (AvgIpc) is 2.73. The fourth-order valence-corrected chi connectivity index (χ4v) is 2.09. The highest BCUT2D eigenvalue weighted by molar-refractivity contribution is 5.63. The number of nitrogens with one attached hydrogen (secondary N) is 2. The summed E-state index contributed by atoms with van der Waals surface area (Å²) in [5.41, 5.74) is 0.903. The van der Waals surface area contributed by atoms with E-state index in [0.717, 1.165) is 41.8 Å². The quantitative estimate of drug-likeness (QED) is 0.900. The average molecular weight is 286 g/mol. The molecule has 6 nitrogen and oxygen atoms in total. The second kappa shape index (κ2) is 6.30. The predicted octanol–water partition coefficient (Wildman–Crippen LogP) is 2.81. The fourth-order valence-electron chi connectivity index (χ4n) is 2.09. The predicted molar refractivity (Wildman–Crippen MR) is 81.5 cm³/mol. The first kappa shape index (κ1) is 13.5. The Kier molecular flexibility index (Phi) is 4.04. The van der Waals surface area contributed by atoms with Crippen LogP contribution in [0.2, 0.25) is 0 Å². The first-order chi connectivity index (χ1) is 10.3. The molecule has 2 N–H and O–H groups in total. The highest BCUT2D eigenvalue weighted by Crippen LogP contribution is 2.33. The third-order valence-electron chi connectivity index (χ3n) is 3.04. The molecular weight excluding hydrogens is 268 g/mol. The van der Waals surface area contributed by atoms with Crippen LogP contribution in [-0.4, -0.2) is 29.7 Å². The van der Waals surface area contributed by atoms with Crippen LogP contribution in [0.5, 0.6) is 11.5 Å². The third kappa shape index (κ3) is 3.34. The van der Waals surface area contributed by atoms with Gasteiger partial charge in [0.1, 0.15) is 18.0 Å². The van der Waals surface area contributed by atoms with Crippen LogP contribution in [0.15, 0.2) is 30.6 Å². The summed E-state index contributed by atoms with van der Waals surface area (Å²) in [7, 11) is 0. The van der Waals surface area contributed by atoms with Crippen molar-refractivity contribution in [1.29, 1.82) is 0 Å². The molecule has 0 radical (unpaired) electrons. The van der Waals surface area contributed by atoms with Crippen molar-refractivity contribution < 1.29 is 9.47 Å². The van der Waals surface area contributed by atoms with Gasteiger partial charge in [-0.1, -0.05) is 0 Å². The van der Waals surface area contributed by atoms with Gasteiger partial charge in [0.15, 0.2) is 11.5 Å². The van der Waals surface area contributed by atoms with E-state index in [1.807, 2.05) is 31.2 Å². The summed E-state index contributed by atoms with van der Waals surface area (Å²) in [6, 6.07) is 7.65. The molecule has 21 heavy (non-hydrogen) atoms. The van der Waals surface area contributed by atoms with E-state index in [-0.39, 0.29) is 0 Å². The second-order valence-corrected chi connectivity index (χ2v) is 4.66. The normalized spacial score (nSPS) is 13.4. The smallest absolute Gasteiger partial charge is 0.163 e. The molecule has 0 aliphatic carbocycles. The monoisotopic (exact) mass is 286 g/mol. The second-order valence-electron chi connectivity index (χ2n) is 4.66. The Balaban J connectivity index is 1.78. The summed E-state index contributed by atoms with van der Waals surface area (Å²) >= 11 is 0. The summed E-state index contributed by atoms with van der Waals surface area (Å²) in [6.45, 7) is 4.21. The van der Waals surface area contributed by atoms with E-state index in [1.54, 1.807) is 0 Å². The molecule has 6 heteroatoms. The maximum Gasteiger partial charge on any atom is 0.163 e. The van der Waals surface area contributed by atoms with Gasteiger partial charge < -0.3 is 20.1 Å². The molecule has 1 aliphatic heterocycles. The lowest BCUT2D eigenvalue weighted by Crippen LogP contribution is -2.01. The number of rotatable bonds is 4. The lowest BCUT2D eigenvalue weighted by molar-refractivity contribution is 0.297. The number of anilines is 3. The van der Waals surface area contributed by atoms with Crippen molar-refractivity contribution in [3.63, 3.8) is 0 Å². The van der Waals surface area contributed by atoms with Crippen LogP contribution in [-0.2, 0) is 0 Å². The van der Waals surface area contributed by atoms with Crippen molar-refractivity contribution in [3.8, 4) is 11.5 Å². The van der Waals surface area contributed by atoms with E-state index in [9.17, 15) is 0 Å². The highest BCUT2D eigenvalue weighted by atomic mass is 16.5. The van der Waals surface area contributed by atoms with E-state index in [4.69, 9.17) is 9.47 Å². The van der Waals surface area contributed by atoms with Gasteiger partial charge in [-0.3, -0.25) is 0 Å². The van der Waals surface area contributed by atoms with E-state index in [2.05, 4.69) is 20.6 Å². The van der Waals surface area contributed by atoms with Gasteiger partial charge in [0, 0.05) is 30.8 Å². The largest absolute Gasteiger partial charge is 0.490 e. The molecule has 0 atom stereocenters. The minimum absolute atomic E-state index is 0.675. The van der Waals surface area contributed by atoms with Crippen molar-refractivity contribution in [3.05, 3.63) is 30.6 Å². The topological polar surface area (TPSA) is 68.3 Å². The molecule has 0 fully saturated rings. The molecular formula is C15H18N4O2. The van der Waals surface area contributed by atoms with Crippen molar-refractivity contribution in [1.82, 2.24) is 9.97 Å². The van der Waals surface area contributed by atoms with Crippen LogP contribution in [0.25, 0.3) is 0 Å². The number of aromatic nitrogens is 2. The third-order valence-corrected chi connectivity index (χ3v) is 3.04. The zero-order valence-corrected chi connectivity index (χ0v) is 11.9. The Bertz CT molecular complexity index is 618. The molecule has 1 aromatic carbocycles. The molecule has 0 saturated heterocycles. The van der Waals surface area contributed by atoms with Crippen LogP contribution in [0.4, 0.5) is 17.3 Å². The van der Waals surface area contributed by atoms with Gasteiger partial charge in [0.05, 0.1) is 13.2 Å². The van der Waals surface area contributed by atoms with Crippen molar-refractivity contribution >= 4 is 17.3 Å². The Labute approximate surface area is 123 Å². The Morgan fingerprint density at radius 2 is 1.86 bits per heavy atom. The molecule has 110 valence electrons. The highest BCUT2D eigenvalue weighted by Gasteiger charge is 2.11. The molecule has 1 aromatic heterocycles. The SMILES string of the molecule is CCNc1cc(Nc2ccc3c(c2)OCCCO3)ncn1. The maximum absolute atomic E-state index is 5.68. The number of fused-ring (bicyclic) bond motifs is 1. The number of hydrogen-bond donors (Lipinski definition) is 2. The summed E-state index contributed by atoms with van der Waals surface area (Å²) in [5.74, 6) is 3.08. The fraction of sp³-hybridized carbons (Fsp3) is 0.333. The van der Waals surface area contributed by atoms with Crippen LogP contribution < -0.4 is 20.1 Å². The molecule has 0 spiro atoms. The van der Waals surface area contributed by atoms with Crippen LogP contribution >= 0.6 is 0 Å². The maximum atomic E-state index is 5.68. The Morgan fingerprint density at radius 1 is 1.05 bits per heavy atom. The number of nitrogens with zero attached hydrogens (tertiary/aromatic N) is 2. The molecule has 0 saturated carbocycles. The first-order valence-electron chi connectivity index (χ1n) is 7.08. The zero-order valence-electron chi connectivity index (χ0n) is 11.9. The van der Waals surface area contributed by atoms with Gasteiger partial charge in [0.2, 0.25) is 0 Å². The van der Waals surface area contributed by atoms with E-state index < -0.39 is 0 Å². The van der Waals surface area contributed by atoms with Gasteiger partial charge in [-0.2, -0.15) is 0 Å². The summed E-state index contributed by atoms with van der Waals surface area (Å²) in [5, 5.41) is 6.40. The van der Waals surface area contributed by atoms with Crippen LogP contribution in [0, 0.1) is 0 Å². The van der Waals surface area contributed by atoms with Gasteiger partial charge in [-0.25, -0.2) is 9.97 Å². The lowest BCUT2D eigenvalue weighted by atomic mass is 10.2. The van der Waals surface area contributed by atoms with Crippen LogP contribution in [0.3, 0.4) is 0 Å². The molecule has 0 unspecified atom stereocenters. The van der Waals surface area contributed by atoms with Crippen LogP contribution in [0.1, 0.15) is 13.3 Å². The Hall–Kier alpha value is -2.50. The van der Waals surface area contributed by atoms with Gasteiger partial charge >= 0.3 is 0 Å². The van der Waals surface area contributed by atoms with Gasteiger partial charge in [0.25, 0.3) is 0 Å². The number of hydrogen-bond acceptors (Lipinski definition) is 6. The van der Waals surface area contributed by atoms with Gasteiger partial charge in [-0.15, -0.1) is 0 Å². The summed E-state index contributed by atoms with van der Waals surface area (Å²) < 4.78 is 11.3. The minimum Gasteiger partial charge on any atom is -0.490 e. The van der Waals surface area contributed by atoms with Gasteiger partial charge in [-0.05, 0) is 19.1 Å². The van der Waals surface area contributed by atoms with E-state index in [1.165, 1.54) is 6.33 Å². The molecule has 3 rings (SSSR count). The standard InChI is InChI=1S/C15H18N4O2/c1-2-16-14-9-15(18-10-17-14)19-11-4-5-12-13(8-11)21-7-3-6-20-12/h4-5,8-10H,2-3,6-7H2,1H3,(H2,16,17,18,19). The zero-order chi connectivity index (χ0) is 14.5. The van der Waals surface area contributed by atoms with Crippen molar-refractivity contribution in [2.75, 3.05) is 30.4 Å². The van der Waals surface area contributed by atoms with E-state index in [0.29, 0.717) is 13.2 Å². The summed E-state index contributed by atoms with van der Waals surface area (Å²) in [6.07, 6.45) is 2.43. The molecule has 2 aromatic rings. The summed E-state index contributed by atoms with van der Waals surface area (Å²) in [4.78, 5) is 8.36. The Morgan fingerprint density at radius 3 is 2.71 bits per heavy atom. The molecule has 0 bridgehead atoms. The van der Waals surface area contributed by atoms with Crippen molar-refractivity contribution in [2.45, 2.75) is 13.3 Å². The molecule has 2 heterocycles. The molecule has 0 amide bonds. The lowest BCUT2D eigenvalue weighted by Gasteiger charge is -2.11. The van der Waals surface area contributed by atoms with Crippen molar-refractivity contribution in [2.24, 2.45) is 0 Å².